The SMILES string of the molecule is C[C@]1(c2cccc(Br)c2)NC(=O)N(CC(=O)NCC(=O)Nc2ccc(F)cc2)C1=O. The molecule has 1 aliphatic heterocycles. The highest BCUT2D eigenvalue weighted by molar-refractivity contribution is 9.10. The van der Waals surface area contributed by atoms with E-state index in [2.05, 4.69) is 31.9 Å². The fourth-order valence-corrected chi connectivity index (χ4v) is 3.35. The molecule has 1 aliphatic rings. The first-order valence-electron chi connectivity index (χ1n) is 8.91. The number of rotatable bonds is 6. The van der Waals surface area contributed by atoms with E-state index in [0.717, 1.165) is 9.37 Å². The fraction of sp³-hybridized carbons (Fsp3) is 0.200. The van der Waals surface area contributed by atoms with Crippen LogP contribution in [0.1, 0.15) is 12.5 Å². The third-order valence-electron chi connectivity index (χ3n) is 4.55. The van der Waals surface area contributed by atoms with E-state index in [1.54, 1.807) is 31.2 Å². The number of urea groups is 1. The van der Waals surface area contributed by atoms with Gasteiger partial charge in [-0.15, -0.1) is 0 Å². The van der Waals surface area contributed by atoms with Crippen LogP contribution in [0.15, 0.2) is 53.0 Å². The molecule has 0 saturated carbocycles. The minimum Gasteiger partial charge on any atom is -0.345 e. The Kier molecular flexibility index (Phi) is 6.16. The Morgan fingerprint density at radius 2 is 1.83 bits per heavy atom. The van der Waals surface area contributed by atoms with Crippen LogP contribution in [0.4, 0.5) is 14.9 Å². The molecular weight excluding hydrogens is 459 g/mol. The minimum atomic E-state index is -1.30. The highest BCUT2D eigenvalue weighted by atomic mass is 79.9. The maximum absolute atomic E-state index is 12.9. The second-order valence-electron chi connectivity index (χ2n) is 6.79. The summed E-state index contributed by atoms with van der Waals surface area (Å²) in [5.41, 5.74) is -0.368. The van der Waals surface area contributed by atoms with Crippen molar-refractivity contribution in [3.05, 3.63) is 64.4 Å². The number of carbonyl (C=O) groups is 4. The van der Waals surface area contributed by atoms with Gasteiger partial charge in [0.05, 0.1) is 6.54 Å². The molecule has 0 aromatic heterocycles. The Labute approximate surface area is 179 Å². The maximum Gasteiger partial charge on any atom is 0.325 e. The van der Waals surface area contributed by atoms with Gasteiger partial charge in [-0.05, 0) is 48.9 Å². The summed E-state index contributed by atoms with van der Waals surface area (Å²) in [7, 11) is 0. The number of nitrogens with zero attached hydrogens (tertiary/aromatic N) is 1. The lowest BCUT2D eigenvalue weighted by Crippen LogP contribution is -2.44. The molecule has 3 rings (SSSR count). The first kappa shape index (κ1) is 21.4. The molecule has 5 amide bonds. The van der Waals surface area contributed by atoms with Crippen LogP contribution < -0.4 is 16.0 Å². The lowest BCUT2D eigenvalue weighted by molar-refractivity contribution is -0.135. The number of halogens is 2. The molecule has 1 fully saturated rings. The average molecular weight is 477 g/mol. The normalized spacial score (nSPS) is 18.2. The minimum absolute atomic E-state index is 0.370. The van der Waals surface area contributed by atoms with Gasteiger partial charge in [-0.25, -0.2) is 9.18 Å². The van der Waals surface area contributed by atoms with Crippen LogP contribution in [-0.2, 0) is 19.9 Å². The smallest absolute Gasteiger partial charge is 0.325 e. The van der Waals surface area contributed by atoms with E-state index in [-0.39, 0.29) is 6.54 Å². The number of nitrogens with one attached hydrogen (secondary N) is 3. The van der Waals surface area contributed by atoms with Gasteiger partial charge < -0.3 is 16.0 Å². The molecule has 8 nitrogen and oxygen atoms in total. The van der Waals surface area contributed by atoms with Gasteiger partial charge in [0.15, 0.2) is 0 Å². The summed E-state index contributed by atoms with van der Waals surface area (Å²) in [5, 5.41) is 7.45. The molecule has 0 radical (unpaired) electrons. The third-order valence-corrected chi connectivity index (χ3v) is 5.05. The van der Waals surface area contributed by atoms with E-state index in [9.17, 15) is 23.6 Å². The molecule has 1 heterocycles. The standard InChI is InChI=1S/C20H18BrFN4O4/c1-20(12-3-2-4-13(21)9-12)18(29)26(19(30)25-20)11-17(28)23-10-16(27)24-15-7-5-14(22)6-8-15/h2-9H,10-11H2,1H3,(H,23,28)(H,24,27)(H,25,30)/t20-/m1/s1. The van der Waals surface area contributed by atoms with E-state index < -0.39 is 41.7 Å². The van der Waals surface area contributed by atoms with Gasteiger partial charge in [0, 0.05) is 10.2 Å². The van der Waals surface area contributed by atoms with E-state index in [1.807, 2.05) is 0 Å². The predicted octanol–water partition coefficient (Wildman–Crippen LogP) is 2.11. The summed E-state index contributed by atoms with van der Waals surface area (Å²) in [6, 6.07) is 11.4. The number of anilines is 1. The van der Waals surface area contributed by atoms with Crippen LogP contribution in [0, 0.1) is 5.82 Å². The summed E-state index contributed by atoms with van der Waals surface area (Å²) in [4.78, 5) is 50.0. The van der Waals surface area contributed by atoms with Gasteiger partial charge in [0.2, 0.25) is 11.8 Å². The topological polar surface area (TPSA) is 108 Å². The van der Waals surface area contributed by atoms with E-state index in [0.29, 0.717) is 11.3 Å². The Morgan fingerprint density at radius 3 is 2.50 bits per heavy atom. The second-order valence-corrected chi connectivity index (χ2v) is 7.70. The van der Waals surface area contributed by atoms with Gasteiger partial charge >= 0.3 is 6.03 Å². The van der Waals surface area contributed by atoms with Gasteiger partial charge in [0.1, 0.15) is 17.9 Å². The van der Waals surface area contributed by atoms with Crippen molar-refractivity contribution in [2.24, 2.45) is 0 Å². The van der Waals surface area contributed by atoms with Crippen molar-refractivity contribution in [1.29, 1.82) is 0 Å². The third kappa shape index (κ3) is 4.65. The van der Waals surface area contributed by atoms with E-state index in [4.69, 9.17) is 0 Å². The quantitative estimate of drug-likeness (QED) is 0.554. The van der Waals surface area contributed by atoms with Crippen molar-refractivity contribution in [2.45, 2.75) is 12.5 Å². The lowest BCUT2D eigenvalue weighted by Gasteiger charge is -2.22. The first-order chi connectivity index (χ1) is 14.2. The first-order valence-corrected chi connectivity index (χ1v) is 9.70. The molecule has 156 valence electrons. The van der Waals surface area contributed by atoms with Crippen molar-refractivity contribution in [3.63, 3.8) is 0 Å². The van der Waals surface area contributed by atoms with Crippen LogP contribution in [0.25, 0.3) is 0 Å². The number of amides is 5. The number of imide groups is 1. The van der Waals surface area contributed by atoms with Crippen molar-refractivity contribution in [3.8, 4) is 0 Å². The largest absolute Gasteiger partial charge is 0.345 e. The molecule has 2 aromatic rings. The van der Waals surface area contributed by atoms with E-state index in [1.165, 1.54) is 24.3 Å². The van der Waals surface area contributed by atoms with Crippen molar-refractivity contribution < 1.29 is 23.6 Å². The molecule has 1 atom stereocenters. The van der Waals surface area contributed by atoms with Gasteiger partial charge in [-0.2, -0.15) is 0 Å². The summed E-state index contributed by atoms with van der Waals surface area (Å²) in [5.74, 6) is -2.22. The fourth-order valence-electron chi connectivity index (χ4n) is 2.95. The Bertz CT molecular complexity index is 1010. The number of hydrogen-bond acceptors (Lipinski definition) is 4. The summed E-state index contributed by atoms with van der Waals surface area (Å²) in [6.07, 6.45) is 0. The van der Waals surface area contributed by atoms with E-state index >= 15 is 0 Å². The van der Waals surface area contributed by atoms with Crippen molar-refractivity contribution in [1.82, 2.24) is 15.5 Å². The van der Waals surface area contributed by atoms with Crippen molar-refractivity contribution >= 4 is 45.4 Å². The number of hydrogen-bond donors (Lipinski definition) is 3. The molecule has 0 spiro atoms. The number of benzene rings is 2. The van der Waals surface area contributed by atoms with Gasteiger partial charge in [0.25, 0.3) is 5.91 Å². The number of carbonyl (C=O) groups excluding carboxylic acids is 4. The molecule has 30 heavy (non-hydrogen) atoms. The Morgan fingerprint density at radius 1 is 1.13 bits per heavy atom. The predicted molar refractivity (Wildman–Crippen MR) is 110 cm³/mol. The summed E-state index contributed by atoms with van der Waals surface area (Å²) >= 11 is 3.33. The molecule has 3 N–H and O–H groups in total. The zero-order chi connectivity index (χ0) is 21.9. The van der Waals surface area contributed by atoms with Gasteiger partial charge in [-0.1, -0.05) is 28.1 Å². The molecule has 2 aromatic carbocycles. The highest BCUT2D eigenvalue weighted by Gasteiger charge is 2.49. The highest BCUT2D eigenvalue weighted by Crippen LogP contribution is 2.30. The Balaban J connectivity index is 1.57. The van der Waals surface area contributed by atoms with Crippen LogP contribution in [0.3, 0.4) is 0 Å². The van der Waals surface area contributed by atoms with Crippen LogP contribution in [0.5, 0.6) is 0 Å². The van der Waals surface area contributed by atoms with Crippen LogP contribution in [-0.4, -0.2) is 41.7 Å². The molecular formula is C20H18BrFN4O4. The zero-order valence-corrected chi connectivity index (χ0v) is 17.5. The zero-order valence-electron chi connectivity index (χ0n) is 15.9. The van der Waals surface area contributed by atoms with Gasteiger partial charge in [-0.3, -0.25) is 19.3 Å². The van der Waals surface area contributed by atoms with Crippen LogP contribution >= 0.6 is 15.9 Å². The average Bonchev–Trinajstić information content (AvgIpc) is 2.92. The second kappa shape index (κ2) is 8.62. The molecule has 0 unspecified atom stereocenters. The Hall–Kier alpha value is -3.27. The molecule has 0 aliphatic carbocycles. The maximum atomic E-state index is 12.9. The van der Waals surface area contributed by atoms with Crippen molar-refractivity contribution in [2.75, 3.05) is 18.4 Å². The summed E-state index contributed by atoms with van der Waals surface area (Å²) in [6.45, 7) is 0.657. The molecule has 1 saturated heterocycles. The monoisotopic (exact) mass is 476 g/mol. The lowest BCUT2D eigenvalue weighted by atomic mass is 9.92. The summed E-state index contributed by atoms with van der Waals surface area (Å²) < 4.78 is 13.6. The van der Waals surface area contributed by atoms with Crippen LogP contribution in [0.2, 0.25) is 0 Å². The molecule has 0 bridgehead atoms. The molecule has 10 heteroatoms.